The lowest BCUT2D eigenvalue weighted by atomic mass is 9.83. The van der Waals surface area contributed by atoms with Gasteiger partial charge < -0.3 is 28.6 Å². The summed E-state index contributed by atoms with van der Waals surface area (Å²) in [6.45, 7) is 0.487. The minimum absolute atomic E-state index is 0.279. The molecule has 2 heterocycles. The minimum Gasteiger partial charge on any atom is -0.493 e. The summed E-state index contributed by atoms with van der Waals surface area (Å²) in [5.74, 6) is -0.680. The summed E-state index contributed by atoms with van der Waals surface area (Å²) in [6.07, 6.45) is 3.37. The average molecular weight is 460 g/mol. The Morgan fingerprint density at radius 2 is 1.47 bits per heavy atom. The Morgan fingerprint density at radius 3 is 1.88 bits per heavy atom. The molecule has 0 N–H and O–H groups in total. The van der Waals surface area contributed by atoms with E-state index in [9.17, 15) is 9.59 Å². The Morgan fingerprint density at radius 1 is 0.906 bits per heavy atom. The second-order valence-electron chi connectivity index (χ2n) is 6.80. The van der Waals surface area contributed by atoms with Gasteiger partial charge in [-0.2, -0.15) is 0 Å². The van der Waals surface area contributed by atoms with Crippen LogP contribution in [0, 0.1) is 0 Å². The average Bonchev–Trinajstić information content (AvgIpc) is 3.34. The molecule has 0 fully saturated rings. The van der Waals surface area contributed by atoms with Gasteiger partial charge in [0.15, 0.2) is 11.5 Å². The lowest BCUT2D eigenvalue weighted by Gasteiger charge is -2.30. The van der Waals surface area contributed by atoms with Crippen molar-refractivity contribution in [1.82, 2.24) is 4.90 Å². The molecule has 0 radical (unpaired) electrons. The number of hydrogen-bond acceptors (Lipinski definition) is 9. The summed E-state index contributed by atoms with van der Waals surface area (Å²) in [6, 6.07) is 7.33. The number of methoxy groups -OCH3 is 5. The fraction of sp³-hybridized carbons (Fsp3) is 0.304. The highest BCUT2D eigenvalue weighted by molar-refractivity contribution is 7.09. The molecule has 1 aromatic carbocycles. The molecule has 0 unspecified atom stereocenters. The Hall–Kier alpha value is -3.46. The summed E-state index contributed by atoms with van der Waals surface area (Å²) in [5, 5.41) is 1.97. The maximum Gasteiger partial charge on any atom is 0.336 e. The van der Waals surface area contributed by atoms with E-state index in [0.29, 0.717) is 29.4 Å². The molecule has 0 atom stereocenters. The van der Waals surface area contributed by atoms with Gasteiger partial charge in [-0.25, -0.2) is 9.59 Å². The summed E-state index contributed by atoms with van der Waals surface area (Å²) in [4.78, 5) is 28.5. The first kappa shape index (κ1) is 23.2. The van der Waals surface area contributed by atoms with Crippen molar-refractivity contribution in [3.05, 3.63) is 63.6 Å². The van der Waals surface area contributed by atoms with Crippen LogP contribution < -0.4 is 14.2 Å². The molecule has 1 aromatic heterocycles. The number of hydrogen-bond donors (Lipinski definition) is 0. The first-order valence-electron chi connectivity index (χ1n) is 9.65. The smallest absolute Gasteiger partial charge is 0.336 e. The SMILES string of the molecule is COC(=O)C1=CN(Cc2cccs2)C=C(C(=O)OC)C1c1cc(OC)c(OC)c(OC)c1. The number of carbonyl (C=O) groups is 2. The molecule has 8 nitrogen and oxygen atoms in total. The number of ether oxygens (including phenoxy) is 5. The molecule has 3 rings (SSSR count). The third-order valence-corrected chi connectivity index (χ3v) is 5.87. The van der Waals surface area contributed by atoms with Crippen molar-refractivity contribution in [2.75, 3.05) is 35.5 Å². The van der Waals surface area contributed by atoms with Gasteiger partial charge in [0.2, 0.25) is 5.75 Å². The van der Waals surface area contributed by atoms with Crippen molar-refractivity contribution in [3.63, 3.8) is 0 Å². The number of rotatable bonds is 8. The van der Waals surface area contributed by atoms with Crippen LogP contribution in [0.4, 0.5) is 0 Å². The molecular weight excluding hydrogens is 434 g/mol. The third kappa shape index (κ3) is 4.57. The predicted octanol–water partition coefficient (Wildman–Crippen LogP) is 3.49. The monoisotopic (exact) mass is 459 g/mol. The van der Waals surface area contributed by atoms with E-state index in [1.165, 1.54) is 35.5 Å². The van der Waals surface area contributed by atoms with Gasteiger partial charge in [0.25, 0.3) is 0 Å². The molecule has 0 saturated heterocycles. The molecule has 1 aliphatic rings. The topological polar surface area (TPSA) is 83.5 Å². The summed E-state index contributed by atoms with van der Waals surface area (Å²) < 4.78 is 26.4. The third-order valence-electron chi connectivity index (χ3n) is 5.01. The number of benzene rings is 1. The lowest BCUT2D eigenvalue weighted by molar-refractivity contribution is -0.137. The lowest BCUT2D eigenvalue weighted by Crippen LogP contribution is -2.28. The molecule has 0 bridgehead atoms. The van der Waals surface area contributed by atoms with Crippen LogP contribution in [-0.2, 0) is 25.6 Å². The van der Waals surface area contributed by atoms with E-state index in [2.05, 4.69) is 0 Å². The number of esters is 2. The van der Waals surface area contributed by atoms with Gasteiger partial charge in [-0.1, -0.05) is 6.07 Å². The second kappa shape index (κ2) is 10.2. The van der Waals surface area contributed by atoms with Gasteiger partial charge in [0, 0.05) is 17.3 Å². The molecule has 9 heteroatoms. The molecule has 2 aromatic rings. The first-order chi connectivity index (χ1) is 15.5. The van der Waals surface area contributed by atoms with Crippen molar-refractivity contribution in [3.8, 4) is 17.2 Å². The van der Waals surface area contributed by atoms with Crippen molar-refractivity contribution >= 4 is 23.3 Å². The Balaban J connectivity index is 2.17. The zero-order valence-corrected chi connectivity index (χ0v) is 19.4. The number of nitrogens with zero attached hydrogens (tertiary/aromatic N) is 1. The van der Waals surface area contributed by atoms with E-state index in [4.69, 9.17) is 23.7 Å². The van der Waals surface area contributed by atoms with Crippen LogP contribution in [0.25, 0.3) is 0 Å². The van der Waals surface area contributed by atoms with E-state index < -0.39 is 17.9 Å². The maximum atomic E-state index is 12.8. The van der Waals surface area contributed by atoms with Crippen LogP contribution in [0.2, 0.25) is 0 Å². The normalized spacial score (nSPS) is 13.7. The predicted molar refractivity (Wildman–Crippen MR) is 119 cm³/mol. The molecule has 0 spiro atoms. The Labute approximate surface area is 190 Å². The van der Waals surface area contributed by atoms with Crippen LogP contribution in [0.3, 0.4) is 0 Å². The number of thiophene rings is 1. The van der Waals surface area contributed by atoms with E-state index in [-0.39, 0.29) is 11.1 Å². The fourth-order valence-electron chi connectivity index (χ4n) is 3.59. The Bertz CT molecular complexity index is 984. The van der Waals surface area contributed by atoms with E-state index in [0.717, 1.165) is 4.88 Å². The first-order valence-corrected chi connectivity index (χ1v) is 10.5. The summed E-state index contributed by atoms with van der Waals surface area (Å²) in [7, 11) is 7.10. The van der Waals surface area contributed by atoms with Crippen LogP contribution >= 0.6 is 11.3 Å². The van der Waals surface area contributed by atoms with Gasteiger partial charge in [-0.15, -0.1) is 11.3 Å². The van der Waals surface area contributed by atoms with Crippen LogP contribution in [0.15, 0.2) is 53.2 Å². The van der Waals surface area contributed by atoms with Gasteiger partial charge in [0.05, 0.1) is 59.2 Å². The number of carbonyl (C=O) groups excluding carboxylic acids is 2. The van der Waals surface area contributed by atoms with E-state index >= 15 is 0 Å². The highest BCUT2D eigenvalue weighted by Crippen LogP contribution is 2.45. The molecular formula is C23H25NO7S. The molecule has 0 saturated carbocycles. The van der Waals surface area contributed by atoms with E-state index in [1.54, 1.807) is 40.8 Å². The van der Waals surface area contributed by atoms with Gasteiger partial charge >= 0.3 is 11.9 Å². The standard InChI is InChI=1S/C23H25NO7S/c1-27-18-9-14(10-19(28-2)21(18)29-3)20-16(22(25)30-4)12-24(11-15-7-6-8-32-15)13-17(20)23(26)31-5/h6-10,12-13,20H,11H2,1-5H3. The fourth-order valence-corrected chi connectivity index (χ4v) is 4.30. The Kier molecular flexibility index (Phi) is 7.42. The zero-order valence-electron chi connectivity index (χ0n) is 18.5. The van der Waals surface area contributed by atoms with Crippen LogP contribution in [0.5, 0.6) is 17.2 Å². The van der Waals surface area contributed by atoms with E-state index in [1.807, 2.05) is 17.5 Å². The molecule has 32 heavy (non-hydrogen) atoms. The molecule has 0 amide bonds. The maximum absolute atomic E-state index is 12.8. The largest absolute Gasteiger partial charge is 0.493 e. The zero-order chi connectivity index (χ0) is 23.3. The molecule has 1 aliphatic heterocycles. The van der Waals surface area contributed by atoms with Crippen LogP contribution in [-0.4, -0.2) is 52.4 Å². The second-order valence-corrected chi connectivity index (χ2v) is 7.83. The quantitative estimate of drug-likeness (QED) is 0.555. The van der Waals surface area contributed by atoms with Crippen molar-refractivity contribution in [1.29, 1.82) is 0 Å². The van der Waals surface area contributed by atoms with Crippen molar-refractivity contribution in [2.24, 2.45) is 0 Å². The van der Waals surface area contributed by atoms with Gasteiger partial charge in [-0.05, 0) is 29.1 Å². The molecule has 0 aliphatic carbocycles. The van der Waals surface area contributed by atoms with Crippen molar-refractivity contribution in [2.45, 2.75) is 12.5 Å². The van der Waals surface area contributed by atoms with Gasteiger partial charge in [0.1, 0.15) is 0 Å². The van der Waals surface area contributed by atoms with Crippen LogP contribution in [0.1, 0.15) is 16.4 Å². The summed E-state index contributed by atoms with van der Waals surface area (Å²) in [5.41, 5.74) is 1.14. The highest BCUT2D eigenvalue weighted by Gasteiger charge is 2.36. The molecule has 170 valence electrons. The highest BCUT2D eigenvalue weighted by atomic mass is 32.1. The van der Waals surface area contributed by atoms with Crippen molar-refractivity contribution < 1.29 is 33.3 Å². The van der Waals surface area contributed by atoms with Gasteiger partial charge in [-0.3, -0.25) is 0 Å². The minimum atomic E-state index is -0.761. The summed E-state index contributed by atoms with van der Waals surface area (Å²) >= 11 is 1.58.